The minimum absolute atomic E-state index is 0.0452. The van der Waals surface area contributed by atoms with Gasteiger partial charge in [-0.25, -0.2) is 4.98 Å². The number of nitrogens with zero attached hydrogens (tertiary/aromatic N) is 4. The minimum Gasteiger partial charge on any atom is -0.423 e. The first kappa shape index (κ1) is 18.1. The van der Waals surface area contributed by atoms with Crippen LogP contribution < -0.4 is 4.90 Å². The van der Waals surface area contributed by atoms with Crippen LogP contribution in [0.5, 0.6) is 0 Å². The Kier molecular flexibility index (Phi) is 4.29. The molecule has 3 aliphatic rings. The Bertz CT molecular complexity index is 816. The largest absolute Gasteiger partial charge is 0.423 e. The molecule has 0 spiro atoms. The van der Waals surface area contributed by atoms with Gasteiger partial charge in [0, 0.05) is 32.1 Å². The summed E-state index contributed by atoms with van der Waals surface area (Å²) >= 11 is 0. The number of anilines is 1. The van der Waals surface area contributed by atoms with Gasteiger partial charge >= 0.3 is 0 Å². The monoisotopic (exact) mass is 368 g/mol. The average molecular weight is 368 g/mol. The Morgan fingerprint density at radius 1 is 1.26 bits per heavy atom. The number of oxazole rings is 1. The molecule has 6 nitrogen and oxygen atoms in total. The number of amides is 1. The molecule has 0 unspecified atom stereocenters. The zero-order valence-corrected chi connectivity index (χ0v) is 16.7. The van der Waals surface area contributed by atoms with Crippen LogP contribution in [-0.2, 0) is 4.79 Å². The lowest BCUT2D eigenvalue weighted by molar-refractivity contribution is -0.133. The number of hydrogen-bond acceptors (Lipinski definition) is 5. The van der Waals surface area contributed by atoms with Gasteiger partial charge in [-0.2, -0.15) is 5.26 Å². The highest BCUT2D eigenvalue weighted by Gasteiger charge is 2.61. The lowest BCUT2D eigenvalue weighted by atomic mass is 10.1. The molecule has 4 rings (SSSR count). The van der Waals surface area contributed by atoms with Crippen molar-refractivity contribution in [3.05, 3.63) is 23.2 Å². The smallest absolute Gasteiger partial charge is 0.234 e. The van der Waals surface area contributed by atoms with Gasteiger partial charge in [-0.1, -0.05) is 25.5 Å². The standard InChI is InChI=1S/C21H28N4O2/c1-13(2)11-15-17(21(15,3)4)19(26)24-7-9-25(10-8-24)20-16(12-22)23-18(27-20)14-5-6-14/h11,14-15,17H,5-10H2,1-4H3/t15-,17-/m0/s1. The highest BCUT2D eigenvalue weighted by atomic mass is 16.4. The van der Waals surface area contributed by atoms with Crippen molar-refractivity contribution in [2.75, 3.05) is 31.1 Å². The first-order chi connectivity index (χ1) is 12.8. The van der Waals surface area contributed by atoms with E-state index in [1.165, 1.54) is 5.57 Å². The predicted octanol–water partition coefficient (Wildman–Crippen LogP) is 3.31. The van der Waals surface area contributed by atoms with Gasteiger partial charge in [0.1, 0.15) is 6.07 Å². The van der Waals surface area contributed by atoms with Crippen LogP contribution in [0.15, 0.2) is 16.1 Å². The maximum atomic E-state index is 13.0. The number of nitriles is 1. The fourth-order valence-electron chi connectivity index (χ4n) is 4.27. The van der Waals surface area contributed by atoms with Crippen LogP contribution in [0, 0.1) is 28.6 Å². The number of rotatable bonds is 4. The summed E-state index contributed by atoms with van der Waals surface area (Å²) in [6.07, 6.45) is 4.43. The normalized spacial score (nSPS) is 26.5. The minimum atomic E-state index is 0.0452. The van der Waals surface area contributed by atoms with E-state index in [1.54, 1.807) is 0 Å². The van der Waals surface area contributed by atoms with Gasteiger partial charge in [-0.15, -0.1) is 0 Å². The molecule has 1 aromatic rings. The van der Waals surface area contributed by atoms with Crippen LogP contribution in [0.1, 0.15) is 58.0 Å². The van der Waals surface area contributed by atoms with Crippen LogP contribution >= 0.6 is 0 Å². The van der Waals surface area contributed by atoms with Gasteiger partial charge < -0.3 is 14.2 Å². The molecule has 144 valence electrons. The lowest BCUT2D eigenvalue weighted by Crippen LogP contribution is -2.49. The summed E-state index contributed by atoms with van der Waals surface area (Å²) in [6, 6.07) is 2.16. The zero-order valence-electron chi connectivity index (χ0n) is 16.7. The van der Waals surface area contributed by atoms with Crippen LogP contribution in [0.25, 0.3) is 0 Å². The van der Waals surface area contributed by atoms with E-state index in [2.05, 4.69) is 49.7 Å². The first-order valence-corrected chi connectivity index (χ1v) is 9.92. The molecule has 0 radical (unpaired) electrons. The Morgan fingerprint density at radius 3 is 2.48 bits per heavy atom. The van der Waals surface area contributed by atoms with Gasteiger partial charge in [-0.05, 0) is 38.0 Å². The molecule has 1 amide bonds. The van der Waals surface area contributed by atoms with E-state index in [4.69, 9.17) is 4.42 Å². The van der Waals surface area contributed by atoms with Crippen molar-refractivity contribution in [1.29, 1.82) is 5.26 Å². The molecule has 1 aliphatic heterocycles. The third-order valence-corrected chi connectivity index (χ3v) is 6.23. The van der Waals surface area contributed by atoms with Crippen LogP contribution in [0.2, 0.25) is 0 Å². The van der Waals surface area contributed by atoms with E-state index in [9.17, 15) is 10.1 Å². The molecule has 2 atom stereocenters. The van der Waals surface area contributed by atoms with Crippen LogP contribution in [0.3, 0.4) is 0 Å². The number of carbonyl (C=O) groups excluding carboxylic acids is 1. The quantitative estimate of drug-likeness (QED) is 0.762. The maximum Gasteiger partial charge on any atom is 0.234 e. The van der Waals surface area contributed by atoms with Crippen LogP contribution in [0.4, 0.5) is 5.88 Å². The molecule has 6 heteroatoms. The average Bonchev–Trinajstić information content (AvgIpc) is 3.51. The molecule has 2 heterocycles. The molecule has 1 aromatic heterocycles. The van der Waals surface area contributed by atoms with Gasteiger partial charge in [0.2, 0.25) is 23.4 Å². The van der Waals surface area contributed by atoms with Gasteiger partial charge in [0.05, 0.1) is 5.92 Å². The van der Waals surface area contributed by atoms with Gasteiger partial charge in [0.15, 0.2) is 0 Å². The number of aromatic nitrogens is 1. The summed E-state index contributed by atoms with van der Waals surface area (Å²) in [5.74, 6) is 2.36. The maximum absolute atomic E-state index is 13.0. The molecule has 2 saturated carbocycles. The second-order valence-corrected chi connectivity index (χ2v) is 8.97. The first-order valence-electron chi connectivity index (χ1n) is 9.92. The Hall–Kier alpha value is -2.29. The Labute approximate surface area is 160 Å². The Balaban J connectivity index is 1.40. The van der Waals surface area contributed by atoms with Crippen molar-refractivity contribution in [3.8, 4) is 6.07 Å². The van der Waals surface area contributed by atoms with Crippen molar-refractivity contribution >= 4 is 11.8 Å². The van der Waals surface area contributed by atoms with Gasteiger partial charge in [-0.3, -0.25) is 4.79 Å². The summed E-state index contributed by atoms with van der Waals surface area (Å²) < 4.78 is 5.90. The Morgan fingerprint density at radius 2 is 1.93 bits per heavy atom. The number of allylic oxidation sites excluding steroid dienone is 2. The van der Waals surface area contributed by atoms with Crippen molar-refractivity contribution in [1.82, 2.24) is 9.88 Å². The summed E-state index contributed by atoms with van der Waals surface area (Å²) in [4.78, 5) is 21.4. The van der Waals surface area contributed by atoms with Gasteiger partial charge in [0.25, 0.3) is 0 Å². The molecule has 3 fully saturated rings. The lowest BCUT2D eigenvalue weighted by Gasteiger charge is -2.35. The molecular formula is C21H28N4O2. The molecule has 1 saturated heterocycles. The topological polar surface area (TPSA) is 73.4 Å². The van der Waals surface area contributed by atoms with Crippen LogP contribution in [-0.4, -0.2) is 42.0 Å². The van der Waals surface area contributed by atoms with Crippen molar-refractivity contribution in [2.24, 2.45) is 17.3 Å². The highest BCUT2D eigenvalue weighted by Crippen LogP contribution is 2.60. The molecule has 2 aliphatic carbocycles. The summed E-state index contributed by atoms with van der Waals surface area (Å²) in [5, 5.41) is 9.38. The van der Waals surface area contributed by atoms with Crippen molar-refractivity contribution < 1.29 is 9.21 Å². The molecular weight excluding hydrogens is 340 g/mol. The van der Waals surface area contributed by atoms with E-state index >= 15 is 0 Å². The SMILES string of the molecule is CC(C)=C[C@H]1[C@@H](C(=O)N2CCN(c3oc(C4CC4)nc3C#N)CC2)C1(C)C. The van der Waals surface area contributed by atoms with E-state index in [0.29, 0.717) is 55.5 Å². The predicted molar refractivity (Wildman–Crippen MR) is 102 cm³/mol. The zero-order chi connectivity index (χ0) is 19.3. The fraction of sp³-hybridized carbons (Fsp3) is 0.667. The van der Waals surface area contributed by atoms with Crippen molar-refractivity contribution in [2.45, 2.75) is 46.5 Å². The van der Waals surface area contributed by atoms with E-state index in [0.717, 1.165) is 12.8 Å². The third-order valence-electron chi connectivity index (χ3n) is 6.23. The molecule has 0 bridgehead atoms. The molecule has 0 aromatic carbocycles. The number of carbonyl (C=O) groups is 1. The summed E-state index contributed by atoms with van der Waals surface area (Å²) in [5.41, 5.74) is 1.70. The van der Waals surface area contributed by atoms with E-state index < -0.39 is 0 Å². The second-order valence-electron chi connectivity index (χ2n) is 8.97. The number of piperazine rings is 1. The summed E-state index contributed by atoms with van der Waals surface area (Å²) in [6.45, 7) is 11.2. The molecule has 0 N–H and O–H groups in total. The number of hydrogen-bond donors (Lipinski definition) is 0. The fourth-order valence-corrected chi connectivity index (χ4v) is 4.27. The molecule has 27 heavy (non-hydrogen) atoms. The second kappa shape index (κ2) is 6.40. The van der Waals surface area contributed by atoms with E-state index in [-0.39, 0.29) is 17.2 Å². The third kappa shape index (κ3) is 3.24. The highest BCUT2D eigenvalue weighted by molar-refractivity contribution is 5.84. The van der Waals surface area contributed by atoms with Crippen molar-refractivity contribution in [3.63, 3.8) is 0 Å². The summed E-state index contributed by atoms with van der Waals surface area (Å²) in [7, 11) is 0. The van der Waals surface area contributed by atoms with E-state index in [1.807, 2.05) is 4.90 Å².